The van der Waals surface area contributed by atoms with Crippen LogP contribution in [0.2, 0.25) is 0 Å². The molecule has 2 amide bonds. The molecule has 4 rings (SSSR count). The Hall–Kier alpha value is -2.27. The fourth-order valence-corrected chi connectivity index (χ4v) is 7.56. The average molecular weight is 467 g/mol. The van der Waals surface area contributed by atoms with Crippen molar-refractivity contribution in [2.24, 2.45) is 4.99 Å². The van der Waals surface area contributed by atoms with Crippen LogP contribution in [0.15, 0.2) is 29.3 Å². The Morgan fingerprint density at radius 1 is 1.13 bits per heavy atom. The number of hydrogen-bond donors (Lipinski definition) is 1. The number of carbonyl (C=O) groups excluding carboxylic acids is 2. The van der Waals surface area contributed by atoms with Gasteiger partial charge in [-0.3, -0.25) is 9.79 Å². The van der Waals surface area contributed by atoms with E-state index in [-0.39, 0.29) is 34.8 Å². The SMILES string of the molecule is CCOC(=O)N1CCN(C(=O)Cc2ccc(NC3=N[C@H]4CS(=O)(=O)C[C@@H]4S3)cc2)CC1. The molecule has 1 aromatic rings. The summed E-state index contributed by atoms with van der Waals surface area (Å²) >= 11 is 1.48. The number of benzene rings is 1. The molecule has 0 aromatic heterocycles. The van der Waals surface area contributed by atoms with Crippen LogP contribution in [0.1, 0.15) is 12.5 Å². The van der Waals surface area contributed by atoms with Crippen LogP contribution in [0.5, 0.6) is 0 Å². The van der Waals surface area contributed by atoms with Gasteiger partial charge in [0.1, 0.15) is 0 Å². The zero-order valence-corrected chi connectivity index (χ0v) is 19.0. The number of thioether (sulfide) groups is 1. The Labute approximate surface area is 186 Å². The van der Waals surface area contributed by atoms with Crippen molar-refractivity contribution in [2.45, 2.75) is 24.6 Å². The number of nitrogens with one attached hydrogen (secondary N) is 1. The van der Waals surface area contributed by atoms with Gasteiger partial charge in [0.05, 0.1) is 30.6 Å². The van der Waals surface area contributed by atoms with E-state index in [1.807, 2.05) is 24.3 Å². The number of fused-ring (bicyclic) bond motifs is 1. The first kappa shape index (κ1) is 21.9. The van der Waals surface area contributed by atoms with E-state index < -0.39 is 9.84 Å². The summed E-state index contributed by atoms with van der Waals surface area (Å²) in [6, 6.07) is 7.45. The van der Waals surface area contributed by atoms with Gasteiger partial charge in [-0.15, -0.1) is 0 Å². The molecule has 0 saturated carbocycles. The third-order valence-electron chi connectivity index (χ3n) is 5.54. The summed E-state index contributed by atoms with van der Waals surface area (Å²) < 4.78 is 28.3. The van der Waals surface area contributed by atoms with Crippen LogP contribution >= 0.6 is 11.8 Å². The Morgan fingerprint density at radius 3 is 2.45 bits per heavy atom. The fraction of sp³-hybridized carbons (Fsp3) is 0.550. The van der Waals surface area contributed by atoms with Crippen LogP contribution in [-0.4, -0.2) is 91.0 Å². The van der Waals surface area contributed by atoms with Gasteiger partial charge in [0.15, 0.2) is 15.0 Å². The van der Waals surface area contributed by atoms with E-state index in [2.05, 4.69) is 10.3 Å². The molecule has 11 heteroatoms. The van der Waals surface area contributed by atoms with Crippen molar-refractivity contribution < 1.29 is 22.7 Å². The number of sulfone groups is 1. The maximum Gasteiger partial charge on any atom is 0.409 e. The minimum absolute atomic E-state index is 0.00805. The third kappa shape index (κ3) is 5.32. The molecular formula is C20H26N4O5S2. The molecule has 2 saturated heterocycles. The predicted octanol–water partition coefficient (Wildman–Crippen LogP) is 1.21. The van der Waals surface area contributed by atoms with Crippen LogP contribution in [0, 0.1) is 0 Å². The van der Waals surface area contributed by atoms with Crippen LogP contribution in [0.4, 0.5) is 10.5 Å². The normalized spacial score (nSPS) is 24.5. The molecule has 9 nitrogen and oxygen atoms in total. The maximum atomic E-state index is 12.6. The Morgan fingerprint density at radius 2 is 1.81 bits per heavy atom. The number of aliphatic imine (C=N–C) groups is 1. The maximum absolute atomic E-state index is 12.6. The number of anilines is 1. The molecule has 3 aliphatic rings. The van der Waals surface area contributed by atoms with Gasteiger partial charge in [-0.05, 0) is 24.6 Å². The standard InChI is InChI=1S/C20H26N4O5S2/c1-2-29-20(26)24-9-7-23(8-10-24)18(25)11-14-3-5-15(6-4-14)21-19-22-16-12-31(27,28)13-17(16)30-19/h3-6,16-17H,2,7-13H2,1H3,(H,21,22)/t16-,17-/m0/s1. The molecule has 0 radical (unpaired) electrons. The second-order valence-electron chi connectivity index (χ2n) is 7.80. The minimum atomic E-state index is -2.96. The number of amidine groups is 1. The molecule has 3 heterocycles. The zero-order valence-electron chi connectivity index (χ0n) is 17.3. The fourth-order valence-electron chi connectivity index (χ4n) is 3.89. The first-order chi connectivity index (χ1) is 14.8. The van der Waals surface area contributed by atoms with E-state index in [4.69, 9.17) is 4.74 Å². The number of ether oxygens (including phenoxy) is 1. The van der Waals surface area contributed by atoms with E-state index in [0.29, 0.717) is 39.2 Å². The van der Waals surface area contributed by atoms with Crippen molar-refractivity contribution in [3.05, 3.63) is 29.8 Å². The number of amides is 2. The van der Waals surface area contributed by atoms with Gasteiger partial charge < -0.3 is 19.9 Å². The molecule has 168 valence electrons. The summed E-state index contributed by atoms with van der Waals surface area (Å²) in [5.74, 6) is 0.353. The second kappa shape index (κ2) is 9.07. The molecule has 1 aromatic carbocycles. The van der Waals surface area contributed by atoms with E-state index in [1.165, 1.54) is 11.8 Å². The Kier molecular flexibility index (Phi) is 6.42. The smallest absolute Gasteiger partial charge is 0.409 e. The van der Waals surface area contributed by atoms with Gasteiger partial charge >= 0.3 is 6.09 Å². The van der Waals surface area contributed by atoms with Gasteiger partial charge in [0.25, 0.3) is 0 Å². The number of carbonyl (C=O) groups is 2. The summed E-state index contributed by atoms with van der Waals surface area (Å²) in [4.78, 5) is 32.3. The third-order valence-corrected chi connectivity index (χ3v) is 8.68. The number of nitrogens with zero attached hydrogens (tertiary/aromatic N) is 3. The predicted molar refractivity (Wildman–Crippen MR) is 120 cm³/mol. The lowest BCUT2D eigenvalue weighted by Crippen LogP contribution is -2.51. The number of piperazine rings is 1. The van der Waals surface area contributed by atoms with E-state index in [9.17, 15) is 18.0 Å². The molecule has 2 atom stereocenters. The zero-order chi connectivity index (χ0) is 22.0. The average Bonchev–Trinajstić information content (AvgIpc) is 3.22. The van der Waals surface area contributed by atoms with Gasteiger partial charge in [0, 0.05) is 37.1 Å². The quantitative estimate of drug-likeness (QED) is 0.710. The van der Waals surface area contributed by atoms with Crippen molar-refractivity contribution in [1.82, 2.24) is 9.80 Å². The van der Waals surface area contributed by atoms with E-state index >= 15 is 0 Å². The van der Waals surface area contributed by atoms with E-state index in [0.717, 1.165) is 16.4 Å². The molecular weight excluding hydrogens is 440 g/mol. The molecule has 0 unspecified atom stereocenters. The summed E-state index contributed by atoms with van der Waals surface area (Å²) in [7, 11) is -2.96. The van der Waals surface area contributed by atoms with Gasteiger partial charge in [-0.2, -0.15) is 0 Å². The first-order valence-electron chi connectivity index (χ1n) is 10.3. The highest BCUT2D eigenvalue weighted by Gasteiger charge is 2.42. The highest BCUT2D eigenvalue weighted by Crippen LogP contribution is 2.34. The molecule has 3 aliphatic heterocycles. The monoisotopic (exact) mass is 466 g/mol. The Bertz CT molecular complexity index is 972. The highest BCUT2D eigenvalue weighted by atomic mass is 32.2. The largest absolute Gasteiger partial charge is 0.450 e. The van der Waals surface area contributed by atoms with Crippen molar-refractivity contribution in [1.29, 1.82) is 0 Å². The van der Waals surface area contributed by atoms with Gasteiger partial charge in [-0.1, -0.05) is 23.9 Å². The lowest BCUT2D eigenvalue weighted by atomic mass is 10.1. The lowest BCUT2D eigenvalue weighted by Gasteiger charge is -2.34. The summed E-state index contributed by atoms with van der Waals surface area (Å²) in [5.41, 5.74) is 1.76. The highest BCUT2D eigenvalue weighted by molar-refractivity contribution is 8.15. The molecule has 0 bridgehead atoms. The van der Waals surface area contributed by atoms with E-state index in [1.54, 1.807) is 16.7 Å². The number of rotatable bonds is 4. The topological polar surface area (TPSA) is 108 Å². The molecule has 0 aliphatic carbocycles. The molecule has 31 heavy (non-hydrogen) atoms. The minimum Gasteiger partial charge on any atom is -0.450 e. The van der Waals surface area contributed by atoms with Crippen molar-refractivity contribution in [3.63, 3.8) is 0 Å². The van der Waals surface area contributed by atoms with Crippen LogP contribution in [-0.2, 0) is 25.8 Å². The molecule has 0 spiro atoms. The van der Waals surface area contributed by atoms with Crippen LogP contribution in [0.25, 0.3) is 0 Å². The van der Waals surface area contributed by atoms with Crippen LogP contribution < -0.4 is 5.32 Å². The van der Waals surface area contributed by atoms with Crippen molar-refractivity contribution in [3.8, 4) is 0 Å². The molecule has 2 fully saturated rings. The first-order valence-corrected chi connectivity index (χ1v) is 13.0. The summed E-state index contributed by atoms with van der Waals surface area (Å²) in [5, 5.41) is 3.99. The van der Waals surface area contributed by atoms with Crippen LogP contribution in [0.3, 0.4) is 0 Å². The summed E-state index contributed by atoms with van der Waals surface area (Å²) in [6.45, 7) is 4.10. The number of hydrogen-bond acceptors (Lipinski definition) is 8. The van der Waals surface area contributed by atoms with Gasteiger partial charge in [-0.25, -0.2) is 13.2 Å². The van der Waals surface area contributed by atoms with Crippen molar-refractivity contribution >= 4 is 44.5 Å². The second-order valence-corrected chi connectivity index (χ2v) is 11.2. The lowest BCUT2D eigenvalue weighted by molar-refractivity contribution is -0.132. The molecule has 1 N–H and O–H groups in total. The van der Waals surface area contributed by atoms with Crippen molar-refractivity contribution in [2.75, 3.05) is 49.6 Å². The van der Waals surface area contributed by atoms with Gasteiger partial charge in [0.2, 0.25) is 5.91 Å². The summed E-state index contributed by atoms with van der Waals surface area (Å²) in [6.07, 6.45) is -0.0230. The Balaban J connectivity index is 1.26.